The van der Waals surface area contributed by atoms with Crippen molar-refractivity contribution < 1.29 is 18.1 Å². The SMILES string of the molecule is CCN(CC)CCn1c(NC(=O)c2cc([N+](=O)[O-])cc(S(C)(=O)=O)c2)nc2ccccc21. The Morgan fingerprint density at radius 2 is 1.88 bits per heavy atom. The van der Waals surface area contributed by atoms with E-state index in [2.05, 4.69) is 29.0 Å². The fourth-order valence-corrected chi connectivity index (χ4v) is 4.06. The van der Waals surface area contributed by atoms with Gasteiger partial charge in [-0.3, -0.25) is 20.2 Å². The van der Waals surface area contributed by atoms with Gasteiger partial charge in [-0.15, -0.1) is 0 Å². The molecule has 0 fully saturated rings. The summed E-state index contributed by atoms with van der Waals surface area (Å²) in [7, 11) is -3.75. The molecule has 170 valence electrons. The van der Waals surface area contributed by atoms with E-state index < -0.39 is 26.4 Å². The quantitative estimate of drug-likeness (QED) is 0.385. The van der Waals surface area contributed by atoms with Crippen LogP contribution in [0.3, 0.4) is 0 Å². The van der Waals surface area contributed by atoms with Crippen LogP contribution in [0.5, 0.6) is 0 Å². The van der Waals surface area contributed by atoms with E-state index in [0.717, 1.165) is 49.6 Å². The summed E-state index contributed by atoms with van der Waals surface area (Å²) < 4.78 is 25.8. The standard InChI is InChI=1S/C21H25N5O5S/c1-4-24(5-2)10-11-25-19-9-7-6-8-18(19)22-21(25)23-20(27)15-12-16(26(28)29)14-17(13-15)32(3,30)31/h6-9,12-14H,4-5,10-11H2,1-3H3,(H,22,23,27). The molecule has 3 rings (SSSR count). The van der Waals surface area contributed by atoms with Gasteiger partial charge >= 0.3 is 0 Å². The van der Waals surface area contributed by atoms with Crippen LogP contribution in [0, 0.1) is 10.1 Å². The Balaban J connectivity index is 1.99. The highest BCUT2D eigenvalue weighted by molar-refractivity contribution is 7.90. The topological polar surface area (TPSA) is 127 Å². The Kier molecular flexibility index (Phi) is 6.90. The van der Waals surface area contributed by atoms with Crippen LogP contribution >= 0.6 is 0 Å². The lowest BCUT2D eigenvalue weighted by Crippen LogP contribution is -2.27. The zero-order chi connectivity index (χ0) is 23.5. The monoisotopic (exact) mass is 459 g/mol. The van der Waals surface area contributed by atoms with Crippen LogP contribution in [-0.4, -0.2) is 59.6 Å². The van der Waals surface area contributed by atoms with Crippen molar-refractivity contribution in [2.75, 3.05) is 31.2 Å². The lowest BCUT2D eigenvalue weighted by atomic mass is 10.2. The molecule has 1 heterocycles. The fourth-order valence-electron chi connectivity index (χ4n) is 3.39. The molecular formula is C21H25N5O5S. The van der Waals surface area contributed by atoms with E-state index in [9.17, 15) is 23.3 Å². The number of hydrogen-bond donors (Lipinski definition) is 1. The number of likely N-dealkylation sites (N-methyl/N-ethyl adjacent to an activating group) is 1. The summed E-state index contributed by atoms with van der Waals surface area (Å²) in [6.07, 6.45) is 0.931. The molecule has 11 heteroatoms. The highest BCUT2D eigenvalue weighted by Gasteiger charge is 2.21. The molecule has 3 aromatic rings. The minimum Gasteiger partial charge on any atom is -0.309 e. The predicted octanol–water partition coefficient (Wildman–Crippen LogP) is 2.94. The van der Waals surface area contributed by atoms with Crippen molar-refractivity contribution in [2.24, 2.45) is 0 Å². The first-order chi connectivity index (χ1) is 15.1. The van der Waals surface area contributed by atoms with Crippen molar-refractivity contribution >= 4 is 38.4 Å². The van der Waals surface area contributed by atoms with E-state index in [-0.39, 0.29) is 16.4 Å². The molecule has 0 aliphatic heterocycles. The number of nitro benzene ring substituents is 1. The van der Waals surface area contributed by atoms with E-state index in [1.54, 1.807) is 0 Å². The fraction of sp³-hybridized carbons (Fsp3) is 0.333. The summed E-state index contributed by atoms with van der Waals surface area (Å²) in [6, 6.07) is 10.6. The van der Waals surface area contributed by atoms with Crippen molar-refractivity contribution in [1.82, 2.24) is 14.5 Å². The number of non-ortho nitro benzene ring substituents is 1. The van der Waals surface area contributed by atoms with E-state index in [1.165, 1.54) is 0 Å². The van der Waals surface area contributed by atoms with E-state index in [1.807, 2.05) is 28.8 Å². The lowest BCUT2D eigenvalue weighted by molar-refractivity contribution is -0.385. The van der Waals surface area contributed by atoms with Crippen molar-refractivity contribution in [3.8, 4) is 0 Å². The second kappa shape index (κ2) is 9.45. The molecule has 0 bridgehead atoms. The van der Waals surface area contributed by atoms with Crippen LogP contribution in [0.1, 0.15) is 24.2 Å². The number of para-hydroxylation sites is 2. The van der Waals surface area contributed by atoms with Gasteiger partial charge in [0.15, 0.2) is 9.84 Å². The molecular weight excluding hydrogens is 434 g/mol. The minimum absolute atomic E-state index is 0.137. The number of aromatic nitrogens is 2. The Morgan fingerprint density at radius 1 is 1.19 bits per heavy atom. The van der Waals surface area contributed by atoms with Crippen molar-refractivity contribution in [3.05, 3.63) is 58.1 Å². The number of fused-ring (bicyclic) bond motifs is 1. The number of amides is 1. The molecule has 1 N–H and O–H groups in total. The van der Waals surface area contributed by atoms with Gasteiger partial charge in [0.05, 0.1) is 20.9 Å². The molecule has 1 amide bonds. The number of hydrogen-bond acceptors (Lipinski definition) is 7. The van der Waals surface area contributed by atoms with Crippen LogP contribution in [0.4, 0.5) is 11.6 Å². The number of sulfone groups is 1. The lowest BCUT2D eigenvalue weighted by Gasteiger charge is -2.19. The third-order valence-corrected chi connectivity index (χ3v) is 6.30. The number of rotatable bonds is 9. The molecule has 32 heavy (non-hydrogen) atoms. The Hall–Kier alpha value is -3.31. The van der Waals surface area contributed by atoms with Crippen molar-refractivity contribution in [3.63, 3.8) is 0 Å². The third-order valence-electron chi connectivity index (χ3n) is 5.21. The number of carbonyl (C=O) groups is 1. The molecule has 0 spiro atoms. The van der Waals surface area contributed by atoms with Gasteiger partial charge in [-0.05, 0) is 31.3 Å². The largest absolute Gasteiger partial charge is 0.309 e. The van der Waals surface area contributed by atoms with Gasteiger partial charge in [0, 0.05) is 37.0 Å². The average Bonchev–Trinajstić information content (AvgIpc) is 3.10. The maximum Gasteiger partial charge on any atom is 0.271 e. The molecule has 0 aliphatic rings. The first-order valence-electron chi connectivity index (χ1n) is 10.1. The minimum atomic E-state index is -3.75. The van der Waals surface area contributed by atoms with Gasteiger partial charge in [0.2, 0.25) is 5.95 Å². The summed E-state index contributed by atoms with van der Waals surface area (Å²) in [4.78, 5) is 29.9. The Morgan fingerprint density at radius 3 is 2.50 bits per heavy atom. The van der Waals surface area contributed by atoms with Gasteiger partial charge in [0.1, 0.15) is 0 Å². The summed E-state index contributed by atoms with van der Waals surface area (Å²) in [6.45, 7) is 7.21. The summed E-state index contributed by atoms with van der Waals surface area (Å²) in [5.41, 5.74) is 0.916. The first kappa shape index (κ1) is 23.4. The van der Waals surface area contributed by atoms with Crippen LogP contribution in [0.2, 0.25) is 0 Å². The molecule has 0 unspecified atom stereocenters. The van der Waals surface area contributed by atoms with Gasteiger partial charge in [-0.2, -0.15) is 0 Å². The second-order valence-corrected chi connectivity index (χ2v) is 9.32. The molecule has 0 aliphatic carbocycles. The number of nitrogens with one attached hydrogen (secondary N) is 1. The Labute approximate surface area is 185 Å². The zero-order valence-corrected chi connectivity index (χ0v) is 18.9. The second-order valence-electron chi connectivity index (χ2n) is 7.30. The van der Waals surface area contributed by atoms with Crippen molar-refractivity contribution in [1.29, 1.82) is 0 Å². The number of anilines is 1. The molecule has 0 saturated heterocycles. The van der Waals surface area contributed by atoms with Gasteiger partial charge in [0.25, 0.3) is 11.6 Å². The summed E-state index contributed by atoms with van der Waals surface area (Å²) >= 11 is 0. The Bertz CT molecular complexity index is 1260. The van der Waals surface area contributed by atoms with Crippen LogP contribution in [0.25, 0.3) is 11.0 Å². The number of nitrogens with zero attached hydrogens (tertiary/aromatic N) is 4. The van der Waals surface area contributed by atoms with Crippen LogP contribution < -0.4 is 5.32 Å². The molecule has 10 nitrogen and oxygen atoms in total. The number of imidazole rings is 1. The molecule has 0 saturated carbocycles. The normalized spacial score (nSPS) is 11.8. The van der Waals surface area contributed by atoms with Crippen LogP contribution in [0.15, 0.2) is 47.4 Å². The highest BCUT2D eigenvalue weighted by Crippen LogP contribution is 2.23. The maximum absolute atomic E-state index is 13.0. The van der Waals surface area contributed by atoms with E-state index >= 15 is 0 Å². The van der Waals surface area contributed by atoms with Gasteiger partial charge < -0.3 is 9.47 Å². The van der Waals surface area contributed by atoms with Crippen molar-refractivity contribution in [2.45, 2.75) is 25.3 Å². The first-order valence-corrected chi connectivity index (χ1v) is 12.0. The zero-order valence-electron chi connectivity index (χ0n) is 18.1. The highest BCUT2D eigenvalue weighted by atomic mass is 32.2. The average molecular weight is 460 g/mol. The molecule has 1 aromatic heterocycles. The maximum atomic E-state index is 13.0. The summed E-state index contributed by atoms with van der Waals surface area (Å²) in [5.74, 6) is -0.395. The van der Waals surface area contributed by atoms with E-state index in [0.29, 0.717) is 12.1 Å². The molecule has 2 aromatic carbocycles. The van der Waals surface area contributed by atoms with Gasteiger partial charge in [-0.1, -0.05) is 26.0 Å². The number of nitro groups is 1. The van der Waals surface area contributed by atoms with Gasteiger partial charge in [-0.25, -0.2) is 13.4 Å². The summed E-state index contributed by atoms with van der Waals surface area (Å²) in [5, 5.41) is 13.9. The smallest absolute Gasteiger partial charge is 0.271 e. The number of carbonyl (C=O) groups excluding carboxylic acids is 1. The van der Waals surface area contributed by atoms with Crippen LogP contribution in [-0.2, 0) is 16.4 Å². The third kappa shape index (κ3) is 5.11. The molecule has 0 radical (unpaired) electrons. The molecule has 0 atom stereocenters. The number of benzene rings is 2. The predicted molar refractivity (Wildman–Crippen MR) is 122 cm³/mol. The van der Waals surface area contributed by atoms with E-state index in [4.69, 9.17) is 0 Å².